The molecule has 0 fully saturated rings. The van der Waals surface area contributed by atoms with E-state index in [4.69, 9.17) is 0 Å². The second-order valence-electron chi connectivity index (χ2n) is 3.95. The first kappa shape index (κ1) is 10.9. The molecule has 0 atom stereocenters. The predicted molar refractivity (Wildman–Crippen MR) is 66.7 cm³/mol. The number of halogens is 1. The summed E-state index contributed by atoms with van der Waals surface area (Å²) >= 11 is 0. The van der Waals surface area contributed by atoms with Gasteiger partial charge in [0.05, 0.1) is 0 Å². The number of benzene rings is 2. The van der Waals surface area contributed by atoms with Gasteiger partial charge in [-0.1, -0.05) is 53.0 Å². The van der Waals surface area contributed by atoms with E-state index in [1.807, 2.05) is 13.3 Å². The Labute approximate surface area is 96.4 Å². The van der Waals surface area contributed by atoms with E-state index in [1.165, 1.54) is 17.2 Å². The van der Waals surface area contributed by atoms with Crippen LogP contribution < -0.4 is 5.46 Å². The molecular formula is C14H13BF. The fraction of sp³-hybridized carbons (Fsp3) is 0.143. The molecule has 0 unspecified atom stereocenters. The van der Waals surface area contributed by atoms with Gasteiger partial charge in [-0.05, 0) is 25.4 Å². The van der Waals surface area contributed by atoms with Crippen molar-refractivity contribution in [1.29, 1.82) is 0 Å². The smallest absolute Gasteiger partial charge is 0.156 e. The van der Waals surface area contributed by atoms with Crippen LogP contribution in [0.15, 0.2) is 48.5 Å². The highest BCUT2D eigenvalue weighted by atomic mass is 19.1. The average Bonchev–Trinajstić information content (AvgIpc) is 2.28. The van der Waals surface area contributed by atoms with E-state index in [1.54, 1.807) is 12.1 Å². The van der Waals surface area contributed by atoms with Gasteiger partial charge in [0, 0.05) is 0 Å². The average molecular weight is 211 g/mol. The molecule has 0 aliphatic rings. The zero-order valence-electron chi connectivity index (χ0n) is 9.28. The van der Waals surface area contributed by atoms with E-state index in [2.05, 4.69) is 31.2 Å². The lowest BCUT2D eigenvalue weighted by Crippen LogP contribution is -2.16. The summed E-state index contributed by atoms with van der Waals surface area (Å²) in [6.07, 6.45) is 0.837. The van der Waals surface area contributed by atoms with Gasteiger partial charge in [-0.3, -0.25) is 0 Å². The van der Waals surface area contributed by atoms with Gasteiger partial charge in [0.25, 0.3) is 0 Å². The first-order chi connectivity index (χ1) is 7.74. The molecule has 0 heterocycles. The van der Waals surface area contributed by atoms with Gasteiger partial charge in [0.2, 0.25) is 0 Å². The third kappa shape index (κ3) is 2.96. The van der Waals surface area contributed by atoms with Crippen LogP contribution in [-0.4, -0.2) is 7.28 Å². The third-order valence-corrected chi connectivity index (χ3v) is 2.54. The normalized spacial score (nSPS) is 10.1. The summed E-state index contributed by atoms with van der Waals surface area (Å²) in [5.74, 6) is -0.183. The van der Waals surface area contributed by atoms with E-state index < -0.39 is 0 Å². The highest BCUT2D eigenvalue weighted by Crippen LogP contribution is 2.03. The van der Waals surface area contributed by atoms with Gasteiger partial charge >= 0.3 is 0 Å². The molecule has 2 aromatic rings. The van der Waals surface area contributed by atoms with Crippen molar-refractivity contribution in [3.63, 3.8) is 0 Å². The van der Waals surface area contributed by atoms with E-state index in [-0.39, 0.29) is 5.82 Å². The maximum Gasteiger partial charge on any atom is 0.156 e. The first-order valence-electron chi connectivity index (χ1n) is 5.38. The molecule has 0 spiro atoms. The molecule has 0 saturated carbocycles. The molecule has 0 bridgehead atoms. The zero-order chi connectivity index (χ0) is 11.4. The van der Waals surface area contributed by atoms with Crippen molar-refractivity contribution in [1.82, 2.24) is 0 Å². The summed E-state index contributed by atoms with van der Waals surface area (Å²) in [4.78, 5) is 0. The summed E-state index contributed by atoms with van der Waals surface area (Å²) in [7, 11) is 2.04. The Morgan fingerprint density at radius 3 is 2.50 bits per heavy atom. The Morgan fingerprint density at radius 2 is 1.81 bits per heavy atom. The summed E-state index contributed by atoms with van der Waals surface area (Å²) in [5, 5.41) is 0. The molecule has 2 aromatic carbocycles. The monoisotopic (exact) mass is 211 g/mol. The second-order valence-corrected chi connectivity index (χ2v) is 3.95. The lowest BCUT2D eigenvalue weighted by atomic mass is 9.65. The van der Waals surface area contributed by atoms with E-state index in [0.717, 1.165) is 11.8 Å². The van der Waals surface area contributed by atoms with Crippen LogP contribution in [0.25, 0.3) is 0 Å². The van der Waals surface area contributed by atoms with Gasteiger partial charge in [-0.2, -0.15) is 0 Å². The number of hydrogen-bond donors (Lipinski definition) is 0. The van der Waals surface area contributed by atoms with Gasteiger partial charge in [-0.25, -0.2) is 4.39 Å². The molecule has 0 saturated heterocycles. The lowest BCUT2D eigenvalue weighted by molar-refractivity contribution is 0.629. The maximum atomic E-state index is 12.9. The van der Waals surface area contributed by atoms with Crippen molar-refractivity contribution < 1.29 is 4.39 Å². The second kappa shape index (κ2) is 4.97. The minimum Gasteiger partial charge on any atom is -0.207 e. The molecule has 0 aromatic heterocycles. The van der Waals surface area contributed by atoms with Crippen molar-refractivity contribution in [3.05, 3.63) is 65.5 Å². The van der Waals surface area contributed by atoms with Gasteiger partial charge in [-0.15, -0.1) is 0 Å². The van der Waals surface area contributed by atoms with Gasteiger partial charge < -0.3 is 0 Å². The van der Waals surface area contributed by atoms with Crippen LogP contribution in [0.5, 0.6) is 0 Å². The molecule has 2 rings (SSSR count). The SMILES string of the molecule is Cc1ccc(C[B]c2cccc(F)c2)cc1. The van der Waals surface area contributed by atoms with Crippen LogP contribution in [0, 0.1) is 12.7 Å². The third-order valence-electron chi connectivity index (χ3n) is 2.54. The van der Waals surface area contributed by atoms with Crippen LogP contribution in [-0.2, 0) is 6.32 Å². The Kier molecular flexibility index (Phi) is 3.40. The zero-order valence-corrected chi connectivity index (χ0v) is 9.28. The number of rotatable bonds is 3. The molecule has 16 heavy (non-hydrogen) atoms. The Hall–Kier alpha value is -1.57. The fourth-order valence-electron chi connectivity index (χ4n) is 1.59. The number of hydrogen-bond acceptors (Lipinski definition) is 0. The van der Waals surface area contributed by atoms with Gasteiger partial charge in [0.15, 0.2) is 7.28 Å². The first-order valence-corrected chi connectivity index (χ1v) is 5.38. The Morgan fingerprint density at radius 1 is 1.06 bits per heavy atom. The minimum atomic E-state index is -0.183. The fourth-order valence-corrected chi connectivity index (χ4v) is 1.59. The van der Waals surface area contributed by atoms with Gasteiger partial charge in [0.1, 0.15) is 5.82 Å². The van der Waals surface area contributed by atoms with Crippen LogP contribution in [0.2, 0.25) is 0 Å². The summed E-state index contributed by atoms with van der Waals surface area (Å²) in [6, 6.07) is 15.0. The molecule has 0 aliphatic carbocycles. The standard InChI is InChI=1S/C14H13BF/c1-11-5-7-12(8-6-11)10-15-13-3-2-4-14(16)9-13/h2-9H,10H2,1H3. The molecule has 0 amide bonds. The molecule has 0 N–H and O–H groups in total. The molecule has 0 nitrogen and oxygen atoms in total. The van der Waals surface area contributed by atoms with Crippen LogP contribution in [0.4, 0.5) is 4.39 Å². The van der Waals surface area contributed by atoms with Crippen molar-refractivity contribution in [2.45, 2.75) is 13.2 Å². The quantitative estimate of drug-likeness (QED) is 0.684. The predicted octanol–water partition coefficient (Wildman–Crippen LogP) is 2.66. The highest BCUT2D eigenvalue weighted by molar-refractivity contribution is 6.52. The van der Waals surface area contributed by atoms with E-state index in [9.17, 15) is 4.39 Å². The van der Waals surface area contributed by atoms with E-state index in [0.29, 0.717) is 0 Å². The highest BCUT2D eigenvalue weighted by Gasteiger charge is 1.99. The minimum absolute atomic E-state index is 0.183. The van der Waals surface area contributed by atoms with Crippen molar-refractivity contribution in [3.8, 4) is 0 Å². The van der Waals surface area contributed by atoms with Crippen molar-refractivity contribution in [2.24, 2.45) is 0 Å². The van der Waals surface area contributed by atoms with Crippen LogP contribution in [0.1, 0.15) is 11.1 Å². The maximum absolute atomic E-state index is 12.9. The molecule has 1 radical (unpaired) electrons. The summed E-state index contributed by atoms with van der Waals surface area (Å²) in [6.45, 7) is 2.07. The van der Waals surface area contributed by atoms with Crippen molar-refractivity contribution in [2.75, 3.05) is 0 Å². The van der Waals surface area contributed by atoms with E-state index >= 15 is 0 Å². The Bertz CT molecular complexity index is 462. The molecular weight excluding hydrogens is 198 g/mol. The molecule has 79 valence electrons. The number of aryl methyl sites for hydroxylation is 1. The lowest BCUT2D eigenvalue weighted by Gasteiger charge is -2.01. The Balaban J connectivity index is 1.99. The largest absolute Gasteiger partial charge is 0.207 e. The van der Waals surface area contributed by atoms with Crippen molar-refractivity contribution >= 4 is 12.7 Å². The summed E-state index contributed by atoms with van der Waals surface area (Å²) in [5.41, 5.74) is 3.44. The topological polar surface area (TPSA) is 0 Å². The van der Waals surface area contributed by atoms with Crippen LogP contribution in [0.3, 0.4) is 0 Å². The molecule has 2 heteroatoms. The molecule has 0 aliphatic heterocycles. The summed E-state index contributed by atoms with van der Waals surface area (Å²) < 4.78 is 12.9. The van der Waals surface area contributed by atoms with Crippen LogP contribution >= 0.6 is 0 Å².